The number of hydrogen-bond acceptors (Lipinski definition) is 6. The van der Waals surface area contributed by atoms with Gasteiger partial charge in [-0.1, -0.05) is 83.9 Å². The van der Waals surface area contributed by atoms with Crippen molar-refractivity contribution in [2.45, 2.75) is 87.6 Å². The third-order valence-electron chi connectivity index (χ3n) is 6.82. The van der Waals surface area contributed by atoms with Crippen molar-refractivity contribution < 1.29 is 129 Å². The molecule has 1 aromatic rings. The molecular weight excluding hydrogens is 511 g/mol. The molecule has 0 aliphatic carbocycles. The van der Waals surface area contributed by atoms with Gasteiger partial charge in [0.2, 0.25) is 0 Å². The Bertz CT molecular complexity index is 825. The third kappa shape index (κ3) is 7.37. The van der Waals surface area contributed by atoms with E-state index in [-0.39, 0.29) is 103 Å². The molecule has 0 spiro atoms. The van der Waals surface area contributed by atoms with Gasteiger partial charge in [0.25, 0.3) is 0 Å². The van der Waals surface area contributed by atoms with E-state index in [0.717, 1.165) is 42.3 Å². The van der Waals surface area contributed by atoms with E-state index in [9.17, 15) is 25.9 Å². The maximum absolute atomic E-state index is 12.1. The van der Waals surface area contributed by atoms with Crippen molar-refractivity contribution in [3.05, 3.63) is 12.1 Å². The largest absolute Gasteiger partial charge is 1.00 e. The van der Waals surface area contributed by atoms with Crippen LogP contribution in [0.2, 0.25) is 36.3 Å². The van der Waals surface area contributed by atoms with Crippen LogP contribution >= 0.6 is 0 Å². The molecule has 0 N–H and O–H groups in total. The summed E-state index contributed by atoms with van der Waals surface area (Å²) in [5, 5.41) is 1.01. The molecule has 0 aromatic heterocycles. The standard InChI is InChI=1S/C18H34O6S2Si2.2K/c1-7-27(8-2,9-3)17-14-18(28(10-4,11-5)12-6)16(26(22,23)24)13-15(17)25(19,20)21;;/h13-14H,7-12H2,1-6H3,(H,19,20,21)(H,22,23,24);;/q;2*+1/p-2. The van der Waals surface area contributed by atoms with Gasteiger partial charge in [0, 0.05) is 0 Å². The molecule has 12 heteroatoms. The van der Waals surface area contributed by atoms with Gasteiger partial charge < -0.3 is 9.11 Å². The van der Waals surface area contributed by atoms with Crippen molar-refractivity contribution in [2.75, 3.05) is 0 Å². The third-order valence-corrected chi connectivity index (χ3v) is 20.2. The quantitative estimate of drug-likeness (QED) is 0.229. The molecule has 0 aliphatic heterocycles. The number of hydrogen-bond donors (Lipinski definition) is 0. The summed E-state index contributed by atoms with van der Waals surface area (Å²) >= 11 is 0. The van der Waals surface area contributed by atoms with Crippen LogP contribution in [0.25, 0.3) is 0 Å². The molecule has 0 amide bonds. The van der Waals surface area contributed by atoms with E-state index in [1.165, 1.54) is 0 Å². The topological polar surface area (TPSA) is 114 Å². The molecule has 1 aromatic carbocycles. The van der Waals surface area contributed by atoms with Crippen molar-refractivity contribution >= 4 is 46.8 Å². The van der Waals surface area contributed by atoms with Crippen LogP contribution in [0.5, 0.6) is 0 Å². The molecule has 0 saturated carbocycles. The van der Waals surface area contributed by atoms with Gasteiger partial charge in [-0.05, 0) is 16.4 Å². The normalized spacial score (nSPS) is 12.8. The summed E-state index contributed by atoms with van der Waals surface area (Å²) in [5.41, 5.74) is 0. The van der Waals surface area contributed by atoms with Crippen LogP contribution in [0.4, 0.5) is 0 Å². The van der Waals surface area contributed by atoms with Gasteiger partial charge in [-0.3, -0.25) is 0 Å². The van der Waals surface area contributed by atoms with Gasteiger partial charge in [-0.2, -0.15) is 0 Å². The SMILES string of the molecule is CC[Si](CC)(CC)c1cc([Si](CC)(CC)CC)c(S(=O)(=O)[O-])cc1S(=O)(=O)[O-].[K+].[K+]. The summed E-state index contributed by atoms with van der Waals surface area (Å²) in [6.07, 6.45) is 0. The second kappa shape index (κ2) is 13.7. The fraction of sp³-hybridized carbons (Fsp3) is 0.667. The maximum atomic E-state index is 12.1. The van der Waals surface area contributed by atoms with Crippen molar-refractivity contribution in [2.24, 2.45) is 0 Å². The number of rotatable bonds is 10. The Morgan fingerprint density at radius 1 is 0.600 bits per heavy atom. The molecule has 0 bridgehead atoms. The number of benzene rings is 1. The van der Waals surface area contributed by atoms with Gasteiger partial charge in [0.1, 0.15) is 20.2 Å². The van der Waals surface area contributed by atoms with E-state index in [1.807, 2.05) is 41.5 Å². The van der Waals surface area contributed by atoms with Crippen LogP contribution in [0.3, 0.4) is 0 Å². The van der Waals surface area contributed by atoms with Crippen LogP contribution in [0.15, 0.2) is 21.9 Å². The van der Waals surface area contributed by atoms with Crippen LogP contribution in [0.1, 0.15) is 41.5 Å². The van der Waals surface area contributed by atoms with E-state index in [4.69, 9.17) is 0 Å². The van der Waals surface area contributed by atoms with Gasteiger partial charge in [0.05, 0.1) is 25.9 Å². The molecule has 0 unspecified atom stereocenters. The minimum Gasteiger partial charge on any atom is -0.744 e. The average Bonchev–Trinajstić information content (AvgIpc) is 2.64. The second-order valence-corrected chi connectivity index (χ2v) is 20.6. The van der Waals surface area contributed by atoms with Gasteiger partial charge in [-0.15, -0.1) is 0 Å². The fourth-order valence-electron chi connectivity index (χ4n) is 4.45. The molecule has 0 fully saturated rings. The molecule has 0 radical (unpaired) electrons. The maximum Gasteiger partial charge on any atom is 1.00 e. The molecule has 162 valence electrons. The van der Waals surface area contributed by atoms with E-state index in [1.54, 1.807) is 6.07 Å². The van der Waals surface area contributed by atoms with E-state index in [2.05, 4.69) is 0 Å². The zero-order valence-electron chi connectivity index (χ0n) is 19.7. The Morgan fingerprint density at radius 2 is 0.833 bits per heavy atom. The van der Waals surface area contributed by atoms with E-state index >= 15 is 0 Å². The van der Waals surface area contributed by atoms with Gasteiger partial charge in [-0.25, -0.2) is 16.8 Å². The zero-order chi connectivity index (χ0) is 22.0. The van der Waals surface area contributed by atoms with Crippen molar-refractivity contribution in [3.8, 4) is 0 Å². The van der Waals surface area contributed by atoms with Gasteiger partial charge >= 0.3 is 103 Å². The predicted molar refractivity (Wildman–Crippen MR) is 116 cm³/mol. The zero-order valence-corrected chi connectivity index (χ0v) is 29.5. The minimum absolute atomic E-state index is 0. The molecule has 6 nitrogen and oxygen atoms in total. The van der Waals surface area contributed by atoms with E-state index < -0.39 is 46.2 Å². The van der Waals surface area contributed by atoms with Crippen molar-refractivity contribution in [3.63, 3.8) is 0 Å². The van der Waals surface area contributed by atoms with E-state index in [0.29, 0.717) is 10.4 Å². The molecular formula is C18H32K2O6S2Si2. The Kier molecular flexibility index (Phi) is 16.0. The Labute approximate surface area is 270 Å². The fourth-order valence-corrected chi connectivity index (χ4v) is 15.3. The summed E-state index contributed by atoms with van der Waals surface area (Å²) in [5.74, 6) is 0. The van der Waals surface area contributed by atoms with Crippen LogP contribution in [0, 0.1) is 0 Å². The summed E-state index contributed by atoms with van der Waals surface area (Å²) in [7, 11) is -14.5. The first-order valence-corrected chi connectivity index (χ1v) is 18.0. The van der Waals surface area contributed by atoms with Gasteiger partial charge in [0.15, 0.2) is 0 Å². The first kappa shape index (κ1) is 34.9. The summed E-state index contributed by atoms with van der Waals surface area (Å²) in [6.45, 7) is 11.9. The first-order chi connectivity index (χ1) is 12.8. The summed E-state index contributed by atoms with van der Waals surface area (Å²) < 4.78 is 72.5. The summed E-state index contributed by atoms with van der Waals surface area (Å²) in [4.78, 5) is -1.01. The molecule has 0 atom stereocenters. The Morgan fingerprint density at radius 3 is 1.00 bits per heavy atom. The second-order valence-electron chi connectivity index (χ2n) is 7.43. The smallest absolute Gasteiger partial charge is 0.744 e. The molecule has 0 saturated heterocycles. The molecule has 1 rings (SSSR count). The average molecular weight is 543 g/mol. The molecule has 0 aliphatic rings. The molecule has 0 heterocycles. The monoisotopic (exact) mass is 542 g/mol. The predicted octanol–water partition coefficient (Wildman–Crippen LogP) is -3.07. The van der Waals surface area contributed by atoms with Crippen LogP contribution in [-0.2, 0) is 20.2 Å². The van der Waals surface area contributed by atoms with Crippen LogP contribution in [-0.4, -0.2) is 42.1 Å². The first-order valence-electron chi connectivity index (χ1n) is 9.93. The van der Waals surface area contributed by atoms with Crippen molar-refractivity contribution in [1.82, 2.24) is 0 Å². The minimum atomic E-state index is -4.92. The Hall–Kier alpha value is 2.75. The van der Waals surface area contributed by atoms with Crippen molar-refractivity contribution in [1.29, 1.82) is 0 Å². The molecule has 30 heavy (non-hydrogen) atoms. The van der Waals surface area contributed by atoms with Crippen LogP contribution < -0.4 is 113 Å². The Balaban J connectivity index is 0. The summed E-state index contributed by atoms with van der Waals surface area (Å²) in [6, 6.07) is 6.99.